The molecule has 1 saturated heterocycles. The maximum Gasteiger partial charge on any atom is 0.241 e. The Hall–Kier alpha value is -2.39. The van der Waals surface area contributed by atoms with Gasteiger partial charge in [0.25, 0.3) is 0 Å². The van der Waals surface area contributed by atoms with Crippen LogP contribution in [-0.4, -0.2) is 41.9 Å². The first-order valence-corrected chi connectivity index (χ1v) is 6.87. The molecule has 2 N–H and O–H groups in total. The molecule has 0 radical (unpaired) electrons. The summed E-state index contributed by atoms with van der Waals surface area (Å²) in [4.78, 5) is 25.8. The van der Waals surface area contributed by atoms with Crippen molar-refractivity contribution in [1.82, 2.24) is 10.2 Å². The molecule has 0 aromatic heterocycles. The van der Waals surface area contributed by atoms with Gasteiger partial charge in [-0.15, -0.1) is 0 Å². The molecular formula is C15H18N4O2. The molecule has 2 atom stereocenters. The number of piperazine rings is 1. The smallest absolute Gasteiger partial charge is 0.241 e. The number of hydrogen-bond acceptors (Lipinski definition) is 4. The van der Waals surface area contributed by atoms with E-state index >= 15 is 0 Å². The lowest BCUT2D eigenvalue weighted by atomic mass is 10.1. The summed E-state index contributed by atoms with van der Waals surface area (Å²) in [6.45, 7) is 4.78. The summed E-state index contributed by atoms with van der Waals surface area (Å²) in [5, 5.41) is 14.3. The molecule has 2 rings (SSSR count). The molecule has 110 valence electrons. The normalized spacial score (nSPS) is 20.2. The van der Waals surface area contributed by atoms with Crippen molar-refractivity contribution in [2.75, 3.05) is 18.4 Å². The number of carbonyl (C=O) groups is 2. The third-order valence-corrected chi connectivity index (χ3v) is 3.70. The molecule has 0 bridgehead atoms. The van der Waals surface area contributed by atoms with E-state index in [4.69, 9.17) is 5.26 Å². The van der Waals surface area contributed by atoms with Gasteiger partial charge in [0.1, 0.15) is 0 Å². The summed E-state index contributed by atoms with van der Waals surface area (Å²) >= 11 is 0. The van der Waals surface area contributed by atoms with Crippen LogP contribution >= 0.6 is 0 Å². The summed E-state index contributed by atoms with van der Waals surface area (Å²) in [5.41, 5.74) is 1.18. The lowest BCUT2D eigenvalue weighted by Crippen LogP contribution is -2.58. The van der Waals surface area contributed by atoms with Crippen LogP contribution in [0.1, 0.15) is 19.4 Å². The highest BCUT2D eigenvalue weighted by molar-refractivity contribution is 5.95. The summed E-state index contributed by atoms with van der Waals surface area (Å²) in [5.74, 6) is -0.222. The van der Waals surface area contributed by atoms with Crippen LogP contribution in [0.15, 0.2) is 24.3 Å². The zero-order valence-corrected chi connectivity index (χ0v) is 12.1. The molecule has 6 heteroatoms. The highest BCUT2D eigenvalue weighted by Crippen LogP contribution is 2.13. The van der Waals surface area contributed by atoms with Gasteiger partial charge in [0.2, 0.25) is 11.8 Å². The first kappa shape index (κ1) is 15.0. The monoisotopic (exact) mass is 286 g/mol. The summed E-state index contributed by atoms with van der Waals surface area (Å²) in [7, 11) is 0. The average Bonchev–Trinajstić information content (AvgIpc) is 2.50. The second-order valence-corrected chi connectivity index (χ2v) is 5.06. The van der Waals surface area contributed by atoms with E-state index in [1.807, 2.05) is 11.0 Å². The molecule has 1 aromatic carbocycles. The number of amides is 2. The molecule has 2 unspecified atom stereocenters. The van der Waals surface area contributed by atoms with Crippen LogP contribution in [0.4, 0.5) is 5.69 Å². The van der Waals surface area contributed by atoms with E-state index < -0.39 is 6.04 Å². The summed E-state index contributed by atoms with van der Waals surface area (Å²) < 4.78 is 0. The third kappa shape index (κ3) is 3.38. The number of hydrogen-bond donors (Lipinski definition) is 2. The topological polar surface area (TPSA) is 85.2 Å². The Bertz CT molecular complexity index is 576. The Labute approximate surface area is 123 Å². The molecule has 2 amide bonds. The number of benzene rings is 1. The average molecular weight is 286 g/mol. The van der Waals surface area contributed by atoms with E-state index in [0.717, 1.165) is 0 Å². The van der Waals surface area contributed by atoms with E-state index in [9.17, 15) is 9.59 Å². The molecular weight excluding hydrogens is 268 g/mol. The Balaban J connectivity index is 2.01. The van der Waals surface area contributed by atoms with Crippen molar-refractivity contribution in [3.8, 4) is 6.07 Å². The van der Waals surface area contributed by atoms with Gasteiger partial charge >= 0.3 is 0 Å². The van der Waals surface area contributed by atoms with Crippen molar-refractivity contribution in [3.05, 3.63) is 29.8 Å². The van der Waals surface area contributed by atoms with Gasteiger partial charge in [-0.25, -0.2) is 0 Å². The zero-order chi connectivity index (χ0) is 15.4. The van der Waals surface area contributed by atoms with Gasteiger partial charge < -0.3 is 10.6 Å². The number of nitriles is 1. The molecule has 1 fully saturated rings. The Morgan fingerprint density at radius 1 is 1.48 bits per heavy atom. The van der Waals surface area contributed by atoms with Crippen molar-refractivity contribution in [3.63, 3.8) is 0 Å². The molecule has 1 aromatic rings. The predicted molar refractivity (Wildman–Crippen MR) is 78.4 cm³/mol. The molecule has 1 heterocycles. The van der Waals surface area contributed by atoms with E-state index in [-0.39, 0.29) is 17.9 Å². The van der Waals surface area contributed by atoms with Crippen molar-refractivity contribution >= 4 is 17.5 Å². The zero-order valence-electron chi connectivity index (χ0n) is 12.1. The molecule has 1 aliphatic rings. The Morgan fingerprint density at radius 3 is 2.76 bits per heavy atom. The van der Waals surface area contributed by atoms with Crippen LogP contribution in [0.5, 0.6) is 0 Å². The molecule has 0 spiro atoms. The van der Waals surface area contributed by atoms with E-state index in [1.54, 1.807) is 38.1 Å². The summed E-state index contributed by atoms with van der Waals surface area (Å²) in [6, 6.07) is 7.99. The van der Waals surface area contributed by atoms with Crippen LogP contribution in [-0.2, 0) is 9.59 Å². The van der Waals surface area contributed by atoms with Crippen molar-refractivity contribution in [2.24, 2.45) is 0 Å². The van der Waals surface area contributed by atoms with E-state index in [0.29, 0.717) is 24.3 Å². The second-order valence-electron chi connectivity index (χ2n) is 5.06. The number of nitrogens with one attached hydrogen (secondary N) is 2. The SMILES string of the molecule is CC1C(=O)NCCN1C(C)C(=O)Nc1ccc(C#N)cc1. The second kappa shape index (κ2) is 6.37. The molecule has 1 aliphatic heterocycles. The highest BCUT2D eigenvalue weighted by atomic mass is 16.2. The van der Waals surface area contributed by atoms with Crippen LogP contribution < -0.4 is 10.6 Å². The Morgan fingerprint density at radius 2 is 2.14 bits per heavy atom. The summed E-state index contributed by atoms with van der Waals surface area (Å²) in [6.07, 6.45) is 0. The standard InChI is InChI=1S/C15H18N4O2/c1-10-14(20)17-7-8-19(10)11(2)15(21)18-13-5-3-12(9-16)4-6-13/h3-6,10-11H,7-8H2,1-2H3,(H,17,20)(H,18,21). The van der Waals surface area contributed by atoms with E-state index in [2.05, 4.69) is 10.6 Å². The number of rotatable bonds is 3. The third-order valence-electron chi connectivity index (χ3n) is 3.70. The van der Waals surface area contributed by atoms with Crippen molar-refractivity contribution < 1.29 is 9.59 Å². The van der Waals surface area contributed by atoms with Crippen molar-refractivity contribution in [1.29, 1.82) is 5.26 Å². The van der Waals surface area contributed by atoms with E-state index in [1.165, 1.54) is 0 Å². The fourth-order valence-electron chi connectivity index (χ4n) is 2.35. The van der Waals surface area contributed by atoms with Gasteiger partial charge in [0.15, 0.2) is 0 Å². The molecule has 6 nitrogen and oxygen atoms in total. The molecule has 0 saturated carbocycles. The van der Waals surface area contributed by atoms with Crippen molar-refractivity contribution in [2.45, 2.75) is 25.9 Å². The molecule has 21 heavy (non-hydrogen) atoms. The van der Waals surface area contributed by atoms with Gasteiger partial charge in [0, 0.05) is 18.8 Å². The fourth-order valence-corrected chi connectivity index (χ4v) is 2.35. The first-order valence-electron chi connectivity index (χ1n) is 6.87. The van der Waals surface area contributed by atoms with Gasteiger partial charge in [-0.1, -0.05) is 0 Å². The maximum absolute atomic E-state index is 12.3. The number of carbonyl (C=O) groups excluding carboxylic acids is 2. The van der Waals surface area contributed by atoms with Crippen LogP contribution in [0, 0.1) is 11.3 Å². The minimum atomic E-state index is -0.401. The van der Waals surface area contributed by atoms with Crippen LogP contribution in [0.25, 0.3) is 0 Å². The maximum atomic E-state index is 12.3. The van der Waals surface area contributed by atoms with Gasteiger partial charge in [-0.05, 0) is 38.1 Å². The first-order chi connectivity index (χ1) is 10.0. The van der Waals surface area contributed by atoms with Gasteiger partial charge in [-0.2, -0.15) is 5.26 Å². The molecule has 0 aliphatic carbocycles. The van der Waals surface area contributed by atoms with Crippen LogP contribution in [0.3, 0.4) is 0 Å². The predicted octanol–water partition coefficient (Wildman–Crippen LogP) is 0.706. The minimum Gasteiger partial charge on any atom is -0.353 e. The van der Waals surface area contributed by atoms with Crippen LogP contribution in [0.2, 0.25) is 0 Å². The minimum absolute atomic E-state index is 0.0562. The largest absolute Gasteiger partial charge is 0.353 e. The lowest BCUT2D eigenvalue weighted by molar-refractivity contribution is -0.132. The lowest BCUT2D eigenvalue weighted by Gasteiger charge is -2.36. The quantitative estimate of drug-likeness (QED) is 0.856. The number of anilines is 1. The number of nitrogens with zero attached hydrogens (tertiary/aromatic N) is 2. The van der Waals surface area contributed by atoms with Gasteiger partial charge in [0.05, 0.1) is 23.7 Å². The fraction of sp³-hybridized carbons (Fsp3) is 0.400. The van der Waals surface area contributed by atoms with Gasteiger partial charge in [-0.3, -0.25) is 14.5 Å². The Kier molecular flexibility index (Phi) is 4.55. The highest BCUT2D eigenvalue weighted by Gasteiger charge is 2.32.